The minimum Gasteiger partial charge on any atom is -0.338 e. The first-order valence-electron chi connectivity index (χ1n) is 4.22. The molecule has 0 fully saturated rings. The third-order valence-electron chi connectivity index (χ3n) is 1.85. The van der Waals surface area contributed by atoms with Crippen molar-refractivity contribution in [2.75, 3.05) is 0 Å². The van der Waals surface area contributed by atoms with Gasteiger partial charge in [-0.15, -0.1) is 11.6 Å². The molecule has 1 heterocycles. The Morgan fingerprint density at radius 2 is 2.07 bits per heavy atom. The van der Waals surface area contributed by atoms with Crippen molar-refractivity contribution in [3.63, 3.8) is 0 Å². The van der Waals surface area contributed by atoms with Crippen LogP contribution in [0, 0.1) is 11.3 Å². The SMILES string of the molecule is N#Cc1ccc(-c2noc(CCl)n2)cc1. The molecule has 0 bridgehead atoms. The van der Waals surface area contributed by atoms with Crippen molar-refractivity contribution in [1.82, 2.24) is 10.1 Å². The van der Waals surface area contributed by atoms with Gasteiger partial charge in [-0.3, -0.25) is 0 Å². The summed E-state index contributed by atoms with van der Waals surface area (Å²) in [6.45, 7) is 0. The summed E-state index contributed by atoms with van der Waals surface area (Å²) in [4.78, 5) is 4.06. The highest BCUT2D eigenvalue weighted by Crippen LogP contribution is 2.16. The smallest absolute Gasteiger partial charge is 0.241 e. The van der Waals surface area contributed by atoms with Gasteiger partial charge in [0.2, 0.25) is 11.7 Å². The molecule has 0 N–H and O–H groups in total. The van der Waals surface area contributed by atoms with Crippen molar-refractivity contribution in [3.05, 3.63) is 35.7 Å². The summed E-state index contributed by atoms with van der Waals surface area (Å²) < 4.78 is 4.87. The monoisotopic (exact) mass is 219 g/mol. The quantitative estimate of drug-likeness (QED) is 0.728. The number of nitriles is 1. The van der Waals surface area contributed by atoms with Gasteiger partial charge in [-0.25, -0.2) is 0 Å². The van der Waals surface area contributed by atoms with Crippen molar-refractivity contribution in [3.8, 4) is 17.5 Å². The summed E-state index contributed by atoms with van der Waals surface area (Å²) in [5, 5.41) is 12.4. The molecule has 5 heteroatoms. The molecule has 1 aromatic carbocycles. The molecule has 0 spiro atoms. The van der Waals surface area contributed by atoms with Crippen LogP contribution >= 0.6 is 11.6 Å². The molecule has 0 saturated heterocycles. The highest BCUT2D eigenvalue weighted by molar-refractivity contribution is 6.16. The third-order valence-corrected chi connectivity index (χ3v) is 2.08. The predicted molar refractivity (Wildman–Crippen MR) is 54.0 cm³/mol. The number of rotatable bonds is 2. The number of hydrogen-bond acceptors (Lipinski definition) is 4. The van der Waals surface area contributed by atoms with Crippen molar-refractivity contribution in [1.29, 1.82) is 5.26 Å². The number of hydrogen-bond donors (Lipinski definition) is 0. The molecule has 0 aliphatic heterocycles. The average molecular weight is 220 g/mol. The second-order valence-corrected chi connectivity index (χ2v) is 3.10. The standard InChI is InChI=1S/C10H6ClN3O/c11-5-9-13-10(14-15-9)8-3-1-7(6-12)2-4-8/h1-4H,5H2. The van der Waals surface area contributed by atoms with E-state index in [1.54, 1.807) is 24.3 Å². The first-order chi connectivity index (χ1) is 7.33. The van der Waals surface area contributed by atoms with E-state index in [2.05, 4.69) is 10.1 Å². The predicted octanol–water partition coefficient (Wildman–Crippen LogP) is 2.35. The van der Waals surface area contributed by atoms with Gasteiger partial charge in [-0.05, 0) is 24.3 Å². The summed E-state index contributed by atoms with van der Waals surface area (Å²) in [5.41, 5.74) is 1.40. The second kappa shape index (κ2) is 4.11. The van der Waals surface area contributed by atoms with Crippen molar-refractivity contribution < 1.29 is 4.52 Å². The van der Waals surface area contributed by atoms with Crippen LogP contribution in [0.2, 0.25) is 0 Å². The molecule has 0 aliphatic rings. The van der Waals surface area contributed by atoms with E-state index in [0.29, 0.717) is 17.3 Å². The van der Waals surface area contributed by atoms with Crippen LogP contribution in [0.15, 0.2) is 28.8 Å². The molecule has 15 heavy (non-hydrogen) atoms. The molecule has 0 aliphatic carbocycles. The fraction of sp³-hybridized carbons (Fsp3) is 0.100. The van der Waals surface area contributed by atoms with Crippen LogP contribution in [-0.4, -0.2) is 10.1 Å². The van der Waals surface area contributed by atoms with E-state index < -0.39 is 0 Å². The molecule has 0 radical (unpaired) electrons. The Balaban J connectivity index is 2.33. The molecule has 0 atom stereocenters. The van der Waals surface area contributed by atoms with Crippen LogP contribution < -0.4 is 0 Å². The fourth-order valence-corrected chi connectivity index (χ4v) is 1.23. The van der Waals surface area contributed by atoms with E-state index in [1.165, 1.54) is 0 Å². The van der Waals surface area contributed by atoms with E-state index >= 15 is 0 Å². The number of aromatic nitrogens is 2. The molecule has 4 nitrogen and oxygen atoms in total. The lowest BCUT2D eigenvalue weighted by Gasteiger charge is -1.92. The zero-order valence-electron chi connectivity index (χ0n) is 7.64. The maximum Gasteiger partial charge on any atom is 0.241 e. The average Bonchev–Trinajstić information content (AvgIpc) is 2.78. The lowest BCUT2D eigenvalue weighted by molar-refractivity contribution is 0.391. The summed E-state index contributed by atoms with van der Waals surface area (Å²) in [7, 11) is 0. The number of nitrogens with zero attached hydrogens (tertiary/aromatic N) is 3. The maximum atomic E-state index is 8.62. The molecule has 0 amide bonds. The highest BCUT2D eigenvalue weighted by atomic mass is 35.5. The first-order valence-corrected chi connectivity index (χ1v) is 4.76. The van der Waals surface area contributed by atoms with Crippen LogP contribution in [0.5, 0.6) is 0 Å². The summed E-state index contributed by atoms with van der Waals surface area (Å²) in [5.74, 6) is 1.06. The Bertz CT molecular complexity index is 498. The van der Waals surface area contributed by atoms with Gasteiger partial charge in [0.15, 0.2) is 0 Å². The number of alkyl halides is 1. The van der Waals surface area contributed by atoms with Gasteiger partial charge in [0.25, 0.3) is 0 Å². The fourth-order valence-electron chi connectivity index (χ4n) is 1.12. The Morgan fingerprint density at radius 3 is 2.60 bits per heavy atom. The highest BCUT2D eigenvalue weighted by Gasteiger charge is 2.06. The molecule has 0 unspecified atom stereocenters. The van der Waals surface area contributed by atoms with Gasteiger partial charge in [0.05, 0.1) is 11.6 Å². The molecule has 2 aromatic rings. The molecule has 0 saturated carbocycles. The molecule has 74 valence electrons. The lowest BCUT2D eigenvalue weighted by Crippen LogP contribution is -1.82. The Labute approximate surface area is 91.1 Å². The maximum absolute atomic E-state index is 8.62. The zero-order chi connectivity index (χ0) is 10.7. The van der Waals surface area contributed by atoms with Crippen LogP contribution in [0.3, 0.4) is 0 Å². The van der Waals surface area contributed by atoms with Gasteiger partial charge < -0.3 is 4.52 Å². The minimum atomic E-state index is 0.198. The summed E-state index contributed by atoms with van der Waals surface area (Å²) in [6, 6.07) is 8.97. The van der Waals surface area contributed by atoms with E-state index in [-0.39, 0.29) is 5.88 Å². The molecular weight excluding hydrogens is 214 g/mol. The van der Waals surface area contributed by atoms with Crippen LogP contribution in [-0.2, 0) is 5.88 Å². The molecule has 2 rings (SSSR count). The van der Waals surface area contributed by atoms with E-state index in [1.807, 2.05) is 6.07 Å². The van der Waals surface area contributed by atoms with Crippen molar-refractivity contribution in [2.45, 2.75) is 5.88 Å². The number of halogens is 1. The Morgan fingerprint density at radius 1 is 1.33 bits per heavy atom. The van der Waals surface area contributed by atoms with Crippen LogP contribution in [0.4, 0.5) is 0 Å². The van der Waals surface area contributed by atoms with Crippen molar-refractivity contribution in [2.24, 2.45) is 0 Å². The molecular formula is C10H6ClN3O. The molecule has 1 aromatic heterocycles. The normalized spacial score (nSPS) is 9.87. The largest absolute Gasteiger partial charge is 0.338 e. The Hall–Kier alpha value is -1.86. The van der Waals surface area contributed by atoms with Gasteiger partial charge in [0, 0.05) is 5.56 Å². The summed E-state index contributed by atoms with van der Waals surface area (Å²) in [6.07, 6.45) is 0. The first kappa shape index (κ1) is 9.69. The minimum absolute atomic E-state index is 0.198. The van der Waals surface area contributed by atoms with E-state index in [0.717, 1.165) is 5.56 Å². The number of benzene rings is 1. The van der Waals surface area contributed by atoms with Gasteiger partial charge in [-0.2, -0.15) is 10.2 Å². The second-order valence-electron chi connectivity index (χ2n) is 2.83. The van der Waals surface area contributed by atoms with Gasteiger partial charge >= 0.3 is 0 Å². The van der Waals surface area contributed by atoms with Crippen LogP contribution in [0.25, 0.3) is 11.4 Å². The zero-order valence-corrected chi connectivity index (χ0v) is 8.40. The lowest BCUT2D eigenvalue weighted by atomic mass is 10.1. The van der Waals surface area contributed by atoms with E-state index in [4.69, 9.17) is 21.4 Å². The van der Waals surface area contributed by atoms with Gasteiger partial charge in [-0.1, -0.05) is 5.16 Å². The third kappa shape index (κ3) is 1.97. The topological polar surface area (TPSA) is 62.7 Å². The van der Waals surface area contributed by atoms with Gasteiger partial charge in [0.1, 0.15) is 5.88 Å². The summed E-state index contributed by atoms with van der Waals surface area (Å²) >= 11 is 5.54. The van der Waals surface area contributed by atoms with Crippen LogP contribution in [0.1, 0.15) is 11.5 Å². The van der Waals surface area contributed by atoms with E-state index in [9.17, 15) is 0 Å². The Kier molecular flexibility index (Phi) is 2.66. The van der Waals surface area contributed by atoms with Crippen molar-refractivity contribution >= 4 is 11.6 Å².